The lowest BCUT2D eigenvalue weighted by Gasteiger charge is -2.26. The van der Waals surface area contributed by atoms with Crippen molar-refractivity contribution < 1.29 is 19.4 Å². The number of aliphatic carboxylic acids is 1. The number of rotatable bonds is 6. The Labute approximate surface area is 96.4 Å². The van der Waals surface area contributed by atoms with Crippen LogP contribution in [0.1, 0.15) is 40.5 Å². The van der Waals surface area contributed by atoms with Crippen LogP contribution in [0.5, 0.6) is 0 Å². The molecule has 0 aromatic carbocycles. The summed E-state index contributed by atoms with van der Waals surface area (Å²) in [6.45, 7) is 7.74. The lowest BCUT2D eigenvalue weighted by atomic mass is 10.2. The third-order valence-electron chi connectivity index (χ3n) is 1.98. The van der Waals surface area contributed by atoms with E-state index >= 15 is 0 Å². The summed E-state index contributed by atoms with van der Waals surface area (Å²) >= 11 is 0. The summed E-state index contributed by atoms with van der Waals surface area (Å²) in [5.74, 6) is -0.846. The van der Waals surface area contributed by atoms with Gasteiger partial charge >= 0.3 is 12.1 Å². The minimum absolute atomic E-state index is 0.0139. The molecule has 16 heavy (non-hydrogen) atoms. The minimum Gasteiger partial charge on any atom is -0.481 e. The van der Waals surface area contributed by atoms with E-state index in [0.717, 1.165) is 0 Å². The molecule has 0 bridgehead atoms. The fourth-order valence-electron chi connectivity index (χ4n) is 1.23. The molecule has 0 aromatic heterocycles. The molecule has 1 N–H and O–H groups in total. The van der Waals surface area contributed by atoms with E-state index in [2.05, 4.69) is 0 Å². The van der Waals surface area contributed by atoms with E-state index in [-0.39, 0.29) is 24.7 Å². The predicted octanol–water partition coefficient (Wildman–Crippen LogP) is 2.11. The van der Waals surface area contributed by atoms with Crippen molar-refractivity contribution in [1.29, 1.82) is 0 Å². The Morgan fingerprint density at radius 3 is 2.19 bits per heavy atom. The molecule has 0 saturated heterocycles. The molecule has 0 aliphatic rings. The Balaban J connectivity index is 4.16. The number of ether oxygens (including phenoxy) is 1. The molecule has 0 spiro atoms. The number of hydrogen-bond acceptors (Lipinski definition) is 3. The van der Waals surface area contributed by atoms with E-state index in [1.807, 2.05) is 13.8 Å². The van der Waals surface area contributed by atoms with Gasteiger partial charge in [-0.2, -0.15) is 0 Å². The van der Waals surface area contributed by atoms with Crippen molar-refractivity contribution in [1.82, 2.24) is 4.90 Å². The summed E-state index contributed by atoms with van der Waals surface area (Å²) in [6, 6.07) is 0.0139. The van der Waals surface area contributed by atoms with E-state index in [9.17, 15) is 9.59 Å². The number of carbonyl (C=O) groups is 2. The van der Waals surface area contributed by atoms with Gasteiger partial charge in [-0.25, -0.2) is 4.79 Å². The van der Waals surface area contributed by atoms with Gasteiger partial charge in [-0.15, -0.1) is 0 Å². The fraction of sp³-hybridized carbons (Fsp3) is 0.818. The molecule has 94 valence electrons. The lowest BCUT2D eigenvalue weighted by Crippen LogP contribution is -2.39. The van der Waals surface area contributed by atoms with Crippen LogP contribution in [0.4, 0.5) is 4.79 Å². The summed E-state index contributed by atoms with van der Waals surface area (Å²) < 4.78 is 5.07. The highest BCUT2D eigenvalue weighted by Gasteiger charge is 2.19. The van der Waals surface area contributed by atoms with Crippen molar-refractivity contribution in [2.45, 2.75) is 52.7 Å². The molecule has 0 aromatic rings. The minimum atomic E-state index is -0.846. The first-order valence-corrected chi connectivity index (χ1v) is 5.53. The van der Waals surface area contributed by atoms with E-state index in [1.54, 1.807) is 18.7 Å². The number of carboxylic acids is 1. The normalized spacial score (nSPS) is 10.6. The maximum atomic E-state index is 11.6. The standard InChI is InChI=1S/C11H21NO4/c1-8(2)12(7-5-6-10(13)14)11(15)16-9(3)4/h8-9H,5-7H2,1-4H3,(H,13,14). The highest BCUT2D eigenvalue weighted by molar-refractivity contribution is 5.68. The van der Waals surface area contributed by atoms with Crippen molar-refractivity contribution in [3.63, 3.8) is 0 Å². The van der Waals surface area contributed by atoms with Crippen LogP contribution in [0.15, 0.2) is 0 Å². The van der Waals surface area contributed by atoms with Gasteiger partial charge in [0.15, 0.2) is 0 Å². The van der Waals surface area contributed by atoms with Crippen molar-refractivity contribution in [2.75, 3.05) is 6.54 Å². The van der Waals surface area contributed by atoms with Crippen LogP contribution in [0.3, 0.4) is 0 Å². The zero-order valence-electron chi connectivity index (χ0n) is 10.4. The summed E-state index contributed by atoms with van der Waals surface area (Å²) in [4.78, 5) is 23.5. The Morgan fingerprint density at radius 2 is 1.81 bits per heavy atom. The molecule has 0 radical (unpaired) electrons. The van der Waals surface area contributed by atoms with Crippen LogP contribution >= 0.6 is 0 Å². The summed E-state index contributed by atoms with van der Waals surface area (Å²) in [5, 5.41) is 8.51. The van der Waals surface area contributed by atoms with Gasteiger partial charge in [-0.3, -0.25) is 4.79 Å². The Morgan fingerprint density at radius 1 is 1.25 bits per heavy atom. The predicted molar refractivity (Wildman–Crippen MR) is 60.3 cm³/mol. The molecule has 0 unspecified atom stereocenters. The second-order valence-corrected chi connectivity index (χ2v) is 4.22. The molecule has 0 aliphatic heterocycles. The average molecular weight is 231 g/mol. The molecule has 0 saturated carbocycles. The van der Waals surface area contributed by atoms with E-state index < -0.39 is 5.97 Å². The third kappa shape index (κ3) is 6.27. The quantitative estimate of drug-likeness (QED) is 0.760. The number of hydrogen-bond donors (Lipinski definition) is 1. The summed E-state index contributed by atoms with van der Waals surface area (Å²) in [6.07, 6.45) is -0.0255. The van der Waals surface area contributed by atoms with Gasteiger partial charge in [-0.05, 0) is 34.1 Å². The highest BCUT2D eigenvalue weighted by Crippen LogP contribution is 2.06. The molecule has 5 nitrogen and oxygen atoms in total. The van der Waals surface area contributed by atoms with Gasteiger partial charge < -0.3 is 14.7 Å². The largest absolute Gasteiger partial charge is 0.481 e. The zero-order chi connectivity index (χ0) is 12.7. The van der Waals surface area contributed by atoms with Crippen LogP contribution in [-0.4, -0.2) is 40.8 Å². The number of nitrogens with zero attached hydrogens (tertiary/aromatic N) is 1. The van der Waals surface area contributed by atoms with Crippen LogP contribution in [0.25, 0.3) is 0 Å². The molecule has 0 fully saturated rings. The molecular weight excluding hydrogens is 210 g/mol. The number of carboxylic acid groups (broad SMARTS) is 1. The average Bonchev–Trinajstić information content (AvgIpc) is 2.09. The molecular formula is C11H21NO4. The molecule has 5 heteroatoms. The summed E-state index contributed by atoms with van der Waals surface area (Å²) in [7, 11) is 0. The Bertz CT molecular complexity index is 238. The van der Waals surface area contributed by atoms with Gasteiger partial charge in [0, 0.05) is 19.0 Å². The van der Waals surface area contributed by atoms with Crippen LogP contribution in [0.2, 0.25) is 0 Å². The van der Waals surface area contributed by atoms with E-state index in [0.29, 0.717) is 13.0 Å². The third-order valence-corrected chi connectivity index (χ3v) is 1.98. The number of carbonyl (C=O) groups excluding carboxylic acids is 1. The molecule has 1 amide bonds. The van der Waals surface area contributed by atoms with Gasteiger partial charge in [0.05, 0.1) is 6.10 Å². The van der Waals surface area contributed by atoms with Gasteiger partial charge in [-0.1, -0.05) is 0 Å². The maximum absolute atomic E-state index is 11.6. The zero-order valence-corrected chi connectivity index (χ0v) is 10.4. The second kappa shape index (κ2) is 7.09. The summed E-state index contributed by atoms with van der Waals surface area (Å²) in [5.41, 5.74) is 0. The van der Waals surface area contributed by atoms with Crippen LogP contribution in [0, 0.1) is 0 Å². The van der Waals surface area contributed by atoms with Gasteiger partial charge in [0.25, 0.3) is 0 Å². The topological polar surface area (TPSA) is 66.8 Å². The fourth-order valence-corrected chi connectivity index (χ4v) is 1.23. The first kappa shape index (κ1) is 14.7. The first-order valence-electron chi connectivity index (χ1n) is 5.53. The lowest BCUT2D eigenvalue weighted by molar-refractivity contribution is -0.137. The van der Waals surface area contributed by atoms with Crippen LogP contribution < -0.4 is 0 Å². The van der Waals surface area contributed by atoms with Crippen molar-refractivity contribution in [3.05, 3.63) is 0 Å². The second-order valence-electron chi connectivity index (χ2n) is 4.22. The Hall–Kier alpha value is -1.26. The van der Waals surface area contributed by atoms with E-state index in [1.165, 1.54) is 0 Å². The molecule has 0 rings (SSSR count). The van der Waals surface area contributed by atoms with Crippen molar-refractivity contribution in [3.8, 4) is 0 Å². The first-order chi connectivity index (χ1) is 7.34. The molecule has 0 aliphatic carbocycles. The van der Waals surface area contributed by atoms with Gasteiger partial charge in [0.1, 0.15) is 0 Å². The molecule has 0 heterocycles. The van der Waals surface area contributed by atoms with Crippen molar-refractivity contribution >= 4 is 12.1 Å². The highest BCUT2D eigenvalue weighted by atomic mass is 16.6. The van der Waals surface area contributed by atoms with Crippen molar-refractivity contribution in [2.24, 2.45) is 0 Å². The SMILES string of the molecule is CC(C)OC(=O)N(CCCC(=O)O)C(C)C. The number of amides is 1. The van der Waals surface area contributed by atoms with Crippen LogP contribution in [-0.2, 0) is 9.53 Å². The molecule has 0 atom stereocenters. The van der Waals surface area contributed by atoms with Gasteiger partial charge in [0.2, 0.25) is 0 Å². The monoisotopic (exact) mass is 231 g/mol. The van der Waals surface area contributed by atoms with E-state index in [4.69, 9.17) is 9.84 Å². The maximum Gasteiger partial charge on any atom is 0.410 e. The smallest absolute Gasteiger partial charge is 0.410 e. The Kier molecular flexibility index (Phi) is 6.53.